The van der Waals surface area contributed by atoms with E-state index in [4.69, 9.17) is 14.2 Å². The number of carbonyl (C=O) groups is 3. The maximum Gasteiger partial charge on any atom is 0.408 e. The smallest absolute Gasteiger partial charge is 0.408 e. The molecule has 2 amide bonds. The van der Waals surface area contributed by atoms with Crippen LogP contribution in [0.15, 0.2) is 0 Å². The van der Waals surface area contributed by atoms with Gasteiger partial charge in [0, 0.05) is 6.54 Å². The number of carbonyl (C=O) groups excluding carboxylic acids is 3. The number of hydrogen-bond donors (Lipinski definition) is 2. The van der Waals surface area contributed by atoms with Crippen molar-refractivity contribution in [2.45, 2.75) is 91.4 Å². The molecule has 0 bridgehead atoms. The Hall–Kier alpha value is -1.99. The second-order valence-electron chi connectivity index (χ2n) is 8.29. The summed E-state index contributed by atoms with van der Waals surface area (Å²) in [5.74, 6) is -0.510. The molecule has 0 aliphatic heterocycles. The van der Waals surface area contributed by atoms with Crippen molar-refractivity contribution < 1.29 is 28.6 Å². The van der Waals surface area contributed by atoms with Gasteiger partial charge in [0.1, 0.15) is 17.2 Å². The molecule has 0 aromatic rings. The van der Waals surface area contributed by atoms with Crippen molar-refractivity contribution in [2.24, 2.45) is 0 Å². The molecule has 0 radical (unpaired) electrons. The third-order valence-electron chi connectivity index (χ3n) is 3.01. The minimum atomic E-state index is -0.814. The van der Waals surface area contributed by atoms with Crippen LogP contribution in [0.1, 0.15) is 74.1 Å². The first kappa shape index (κ1) is 25.0. The summed E-state index contributed by atoms with van der Waals surface area (Å²) in [6.45, 7) is 13.3. The van der Waals surface area contributed by atoms with Crippen LogP contribution in [0.3, 0.4) is 0 Å². The fourth-order valence-corrected chi connectivity index (χ4v) is 1.98. The molecule has 0 saturated heterocycles. The lowest BCUT2D eigenvalue weighted by molar-refractivity contribution is -0.157. The Kier molecular flexibility index (Phi) is 10.8. The van der Waals surface area contributed by atoms with Crippen LogP contribution in [-0.2, 0) is 19.0 Å². The first-order valence-electron chi connectivity index (χ1n) is 9.47. The normalized spacial score (nSPS) is 12.7. The Balaban J connectivity index is 4.52. The van der Waals surface area contributed by atoms with Crippen molar-refractivity contribution in [1.82, 2.24) is 10.6 Å². The SMILES string of the molecule is CCCOC(=O)NCCCC[C@@H](NC(=O)OC(C)(C)C)C(=O)OC(C)(C)C. The first-order chi connectivity index (χ1) is 12.3. The number of ether oxygens (including phenoxy) is 3. The van der Waals surface area contributed by atoms with Crippen LogP contribution in [0, 0.1) is 0 Å². The van der Waals surface area contributed by atoms with E-state index in [0.29, 0.717) is 32.4 Å². The molecule has 0 unspecified atom stereocenters. The van der Waals surface area contributed by atoms with Crippen LogP contribution in [-0.4, -0.2) is 48.6 Å². The average Bonchev–Trinajstić information content (AvgIpc) is 2.47. The van der Waals surface area contributed by atoms with Gasteiger partial charge in [0.15, 0.2) is 0 Å². The summed E-state index contributed by atoms with van der Waals surface area (Å²) in [7, 11) is 0. The van der Waals surface area contributed by atoms with E-state index in [1.165, 1.54) is 0 Å². The number of unbranched alkanes of at least 4 members (excludes halogenated alkanes) is 1. The van der Waals surface area contributed by atoms with Crippen molar-refractivity contribution in [3.63, 3.8) is 0 Å². The summed E-state index contributed by atoms with van der Waals surface area (Å²) >= 11 is 0. The third kappa shape index (κ3) is 14.8. The Labute approximate surface area is 162 Å². The molecule has 8 heteroatoms. The van der Waals surface area contributed by atoms with Crippen molar-refractivity contribution in [2.75, 3.05) is 13.2 Å². The van der Waals surface area contributed by atoms with Crippen molar-refractivity contribution >= 4 is 18.2 Å². The van der Waals surface area contributed by atoms with Gasteiger partial charge in [-0.05, 0) is 67.2 Å². The molecule has 0 aromatic carbocycles. The number of esters is 1. The number of nitrogens with one attached hydrogen (secondary N) is 2. The van der Waals surface area contributed by atoms with Gasteiger partial charge >= 0.3 is 18.2 Å². The van der Waals surface area contributed by atoms with Crippen LogP contribution >= 0.6 is 0 Å². The number of hydrogen-bond acceptors (Lipinski definition) is 6. The van der Waals surface area contributed by atoms with E-state index in [0.717, 1.165) is 6.42 Å². The largest absolute Gasteiger partial charge is 0.458 e. The highest BCUT2D eigenvalue weighted by molar-refractivity contribution is 5.81. The summed E-state index contributed by atoms with van der Waals surface area (Å²) in [6.07, 6.45) is 1.26. The molecule has 0 aromatic heterocycles. The molecule has 158 valence electrons. The molecule has 8 nitrogen and oxygen atoms in total. The lowest BCUT2D eigenvalue weighted by Gasteiger charge is -2.26. The van der Waals surface area contributed by atoms with Crippen LogP contribution in [0.25, 0.3) is 0 Å². The Morgan fingerprint density at radius 1 is 0.889 bits per heavy atom. The molecule has 0 fully saturated rings. The molecule has 1 atom stereocenters. The average molecular weight is 389 g/mol. The highest BCUT2D eigenvalue weighted by atomic mass is 16.6. The monoisotopic (exact) mass is 388 g/mol. The van der Waals surface area contributed by atoms with Crippen LogP contribution in [0.5, 0.6) is 0 Å². The van der Waals surface area contributed by atoms with E-state index < -0.39 is 35.4 Å². The van der Waals surface area contributed by atoms with Crippen LogP contribution < -0.4 is 10.6 Å². The Bertz CT molecular complexity index is 480. The van der Waals surface area contributed by atoms with Gasteiger partial charge < -0.3 is 24.8 Å². The third-order valence-corrected chi connectivity index (χ3v) is 3.01. The second-order valence-corrected chi connectivity index (χ2v) is 8.29. The van der Waals surface area contributed by atoms with Gasteiger partial charge in [-0.15, -0.1) is 0 Å². The minimum Gasteiger partial charge on any atom is -0.458 e. The highest BCUT2D eigenvalue weighted by Gasteiger charge is 2.28. The molecule has 0 saturated carbocycles. The first-order valence-corrected chi connectivity index (χ1v) is 9.47. The zero-order valence-corrected chi connectivity index (χ0v) is 17.8. The quantitative estimate of drug-likeness (QED) is 0.356. The number of alkyl carbamates (subject to hydrolysis) is 2. The summed E-state index contributed by atoms with van der Waals surface area (Å²) in [4.78, 5) is 35.7. The maximum absolute atomic E-state index is 12.4. The summed E-state index contributed by atoms with van der Waals surface area (Å²) in [5.41, 5.74) is -1.32. The predicted molar refractivity (Wildman–Crippen MR) is 102 cm³/mol. The zero-order chi connectivity index (χ0) is 21.1. The van der Waals surface area contributed by atoms with E-state index in [1.807, 2.05) is 6.92 Å². The Morgan fingerprint density at radius 2 is 1.48 bits per heavy atom. The molecule has 0 aliphatic carbocycles. The molecule has 0 spiro atoms. The van der Waals surface area contributed by atoms with Gasteiger partial charge in [0.05, 0.1) is 6.61 Å². The molecular formula is C19H36N2O6. The minimum absolute atomic E-state index is 0.375. The van der Waals surface area contributed by atoms with Crippen molar-refractivity contribution in [3.8, 4) is 0 Å². The Morgan fingerprint density at radius 3 is 2.00 bits per heavy atom. The highest BCUT2D eigenvalue weighted by Crippen LogP contribution is 2.13. The summed E-state index contributed by atoms with van der Waals surface area (Å²) in [6, 6.07) is -0.814. The number of rotatable bonds is 9. The van der Waals surface area contributed by atoms with E-state index >= 15 is 0 Å². The zero-order valence-electron chi connectivity index (χ0n) is 17.8. The molecular weight excluding hydrogens is 352 g/mol. The van der Waals surface area contributed by atoms with E-state index in [-0.39, 0.29) is 0 Å². The molecule has 0 heterocycles. The molecule has 2 N–H and O–H groups in total. The fraction of sp³-hybridized carbons (Fsp3) is 0.842. The van der Waals surface area contributed by atoms with Gasteiger partial charge in [-0.2, -0.15) is 0 Å². The van der Waals surface area contributed by atoms with E-state index in [1.54, 1.807) is 41.5 Å². The fourth-order valence-electron chi connectivity index (χ4n) is 1.98. The topological polar surface area (TPSA) is 103 Å². The van der Waals surface area contributed by atoms with Crippen LogP contribution in [0.2, 0.25) is 0 Å². The summed E-state index contributed by atoms with van der Waals surface area (Å²) < 4.78 is 15.5. The van der Waals surface area contributed by atoms with E-state index in [2.05, 4.69) is 10.6 Å². The lowest BCUT2D eigenvalue weighted by Crippen LogP contribution is -2.46. The lowest BCUT2D eigenvalue weighted by atomic mass is 10.1. The van der Waals surface area contributed by atoms with Crippen molar-refractivity contribution in [1.29, 1.82) is 0 Å². The van der Waals surface area contributed by atoms with Gasteiger partial charge in [-0.25, -0.2) is 14.4 Å². The standard InChI is InChI=1S/C19H36N2O6/c1-8-13-25-16(23)20-12-10-9-11-14(15(22)26-18(2,3)4)21-17(24)27-19(5,6)7/h14H,8-13H2,1-7H3,(H,20,23)(H,21,24)/t14-/m1/s1. The predicted octanol–water partition coefficient (Wildman–Crippen LogP) is 3.53. The second kappa shape index (κ2) is 11.7. The van der Waals surface area contributed by atoms with Gasteiger partial charge in [0.25, 0.3) is 0 Å². The molecule has 0 aliphatic rings. The molecule has 27 heavy (non-hydrogen) atoms. The van der Waals surface area contributed by atoms with Gasteiger partial charge in [0.2, 0.25) is 0 Å². The van der Waals surface area contributed by atoms with Gasteiger partial charge in [-0.3, -0.25) is 0 Å². The van der Waals surface area contributed by atoms with Gasteiger partial charge in [-0.1, -0.05) is 6.92 Å². The van der Waals surface area contributed by atoms with E-state index in [9.17, 15) is 14.4 Å². The number of amides is 2. The molecule has 0 rings (SSSR count). The van der Waals surface area contributed by atoms with Crippen molar-refractivity contribution in [3.05, 3.63) is 0 Å². The summed E-state index contributed by atoms with van der Waals surface area (Å²) in [5, 5.41) is 5.22. The maximum atomic E-state index is 12.4. The van der Waals surface area contributed by atoms with Crippen LogP contribution in [0.4, 0.5) is 9.59 Å².